The summed E-state index contributed by atoms with van der Waals surface area (Å²) in [6.07, 6.45) is -4.83. The predicted octanol–water partition coefficient (Wildman–Crippen LogP) is 16.6. The average molecular weight is 982 g/mol. The van der Waals surface area contributed by atoms with E-state index in [0.29, 0.717) is 61.0 Å². The lowest BCUT2D eigenvalue weighted by Crippen LogP contribution is -2.11. The van der Waals surface area contributed by atoms with Crippen LogP contribution in [0.25, 0.3) is 111 Å². The molecule has 0 aliphatic carbocycles. The lowest BCUT2D eigenvalue weighted by atomic mass is 9.96. The van der Waals surface area contributed by atoms with Crippen LogP contribution >= 0.6 is 0 Å². The number of nitriles is 5. The maximum absolute atomic E-state index is 16.0. The molecule has 2 heterocycles. The third kappa shape index (κ3) is 7.92. The van der Waals surface area contributed by atoms with Gasteiger partial charge < -0.3 is 9.13 Å². The number of nitrogens with zero attached hydrogens (tertiary/aromatic N) is 7. The van der Waals surface area contributed by atoms with Crippen LogP contribution in [0.15, 0.2) is 206 Å². The Kier molecular flexibility index (Phi) is 11.1. The highest BCUT2D eigenvalue weighted by Gasteiger charge is 2.34. The van der Waals surface area contributed by atoms with Gasteiger partial charge >= 0.3 is 6.18 Å². The second-order valence-electron chi connectivity index (χ2n) is 18.4. The van der Waals surface area contributed by atoms with Gasteiger partial charge in [0.25, 0.3) is 0 Å². The van der Waals surface area contributed by atoms with Crippen LogP contribution in [0.3, 0.4) is 0 Å². The quantitative estimate of drug-likeness (QED) is 0.157. The molecule has 12 aromatic rings. The first kappa shape index (κ1) is 46.1. The number of benzene rings is 10. The Morgan fingerprint density at radius 1 is 0.289 bits per heavy atom. The third-order valence-electron chi connectivity index (χ3n) is 14.1. The van der Waals surface area contributed by atoms with Gasteiger partial charge in [-0.05, 0) is 171 Å². The number of alkyl halides is 3. The predicted molar refractivity (Wildman–Crippen MR) is 291 cm³/mol. The molecule has 10 aromatic carbocycles. The molecule has 354 valence electrons. The van der Waals surface area contributed by atoms with E-state index in [9.17, 15) is 26.3 Å². The first-order valence-corrected chi connectivity index (χ1v) is 24.0. The fraction of sp³-hybridized carbons (Fsp3) is 0.0152. The van der Waals surface area contributed by atoms with Gasteiger partial charge in [-0.15, -0.1) is 0 Å². The molecule has 7 nitrogen and oxygen atoms in total. The summed E-state index contributed by atoms with van der Waals surface area (Å²) in [7, 11) is 0. The van der Waals surface area contributed by atoms with E-state index in [1.54, 1.807) is 66.7 Å². The summed E-state index contributed by atoms with van der Waals surface area (Å²) in [5.41, 5.74) is 12.0. The van der Waals surface area contributed by atoms with Crippen LogP contribution < -0.4 is 0 Å². The van der Waals surface area contributed by atoms with E-state index in [1.165, 1.54) is 12.1 Å². The van der Waals surface area contributed by atoms with Crippen molar-refractivity contribution in [2.45, 2.75) is 6.18 Å². The van der Waals surface area contributed by atoms with Crippen LogP contribution in [0.2, 0.25) is 0 Å². The monoisotopic (exact) mass is 981 g/mol. The Bertz CT molecular complexity index is 4100. The highest BCUT2D eigenvalue weighted by molar-refractivity contribution is 6.14. The van der Waals surface area contributed by atoms with Crippen molar-refractivity contribution in [2.75, 3.05) is 0 Å². The first-order chi connectivity index (χ1) is 37.0. The van der Waals surface area contributed by atoms with E-state index >= 15 is 13.2 Å². The molecule has 0 atom stereocenters. The summed E-state index contributed by atoms with van der Waals surface area (Å²) in [6, 6.07) is 72.6. The highest BCUT2D eigenvalue weighted by Crippen LogP contribution is 2.47. The van der Waals surface area contributed by atoms with Crippen molar-refractivity contribution in [3.05, 3.63) is 240 Å². The normalized spacial score (nSPS) is 11.3. The standard InChI is InChI=1S/C66H34F3N7/c67-66(68,69)54-33-63(75-59-24-20-49(45-12-4-40(35-70)5-13-45)29-55(59)56-30-50(21-25-60(56)75)46-14-6-41(36-71)7-15-46)65(53-3-1-2-44(28-53)39-74)64(34-54)76-61-26-22-51(47-16-8-42(37-72)9-17-47)31-57(61)58-32-52(23-27-62(58)76)48-18-10-43(38-73)11-19-48/h1-34H. The van der Waals surface area contributed by atoms with Gasteiger partial charge in [0.05, 0.1) is 97.2 Å². The maximum Gasteiger partial charge on any atom is 0.416 e. The number of hydrogen-bond donors (Lipinski definition) is 0. The van der Waals surface area contributed by atoms with Crippen molar-refractivity contribution in [3.63, 3.8) is 0 Å². The smallest absolute Gasteiger partial charge is 0.309 e. The Labute approximate surface area is 433 Å². The van der Waals surface area contributed by atoms with Gasteiger partial charge in [-0.3, -0.25) is 0 Å². The van der Waals surface area contributed by atoms with Gasteiger partial charge in [0, 0.05) is 27.1 Å². The summed E-state index contributed by atoms with van der Waals surface area (Å²) in [4.78, 5) is 0. The number of aromatic nitrogens is 2. The van der Waals surface area contributed by atoms with Crippen LogP contribution in [-0.4, -0.2) is 9.13 Å². The molecule has 2 aromatic heterocycles. The Balaban J connectivity index is 1.20. The van der Waals surface area contributed by atoms with Crippen LogP contribution in [0.5, 0.6) is 0 Å². The zero-order valence-electron chi connectivity index (χ0n) is 39.9. The van der Waals surface area contributed by atoms with Crippen LogP contribution in [-0.2, 0) is 6.18 Å². The van der Waals surface area contributed by atoms with Gasteiger partial charge in [0.15, 0.2) is 0 Å². The fourth-order valence-corrected chi connectivity index (χ4v) is 10.4. The molecule has 0 radical (unpaired) electrons. The molecule has 0 aliphatic rings. The number of rotatable bonds is 7. The minimum Gasteiger partial charge on any atom is -0.309 e. The molecule has 0 bridgehead atoms. The summed E-state index contributed by atoms with van der Waals surface area (Å²) in [6.45, 7) is 0. The van der Waals surface area contributed by atoms with Gasteiger partial charge in [0.1, 0.15) is 0 Å². The molecule has 0 aliphatic heterocycles. The van der Waals surface area contributed by atoms with E-state index in [2.05, 4.69) is 30.3 Å². The summed E-state index contributed by atoms with van der Waals surface area (Å²) in [5, 5.41) is 51.7. The summed E-state index contributed by atoms with van der Waals surface area (Å²) < 4.78 is 51.7. The van der Waals surface area contributed by atoms with Crippen molar-refractivity contribution < 1.29 is 13.2 Å². The molecular formula is C66H34F3N7. The molecule has 0 saturated carbocycles. The van der Waals surface area contributed by atoms with Crippen LogP contribution in [0, 0.1) is 56.7 Å². The Morgan fingerprint density at radius 3 is 0.855 bits per heavy atom. The molecule has 0 unspecified atom stereocenters. The SMILES string of the molecule is N#Cc1ccc(-c2ccc3c(c2)c2cc(-c4ccc(C#N)cc4)ccc2n3-c2cc(C(F)(F)F)cc(-n3c4ccc(-c5ccc(C#N)cc5)cc4c4cc(-c5ccc(C#N)cc5)ccc43)c2-c2cccc(C#N)c2)cc1. The van der Waals surface area contributed by atoms with Gasteiger partial charge in [-0.25, -0.2) is 0 Å². The fourth-order valence-electron chi connectivity index (χ4n) is 10.4. The number of hydrogen-bond acceptors (Lipinski definition) is 5. The topological polar surface area (TPSA) is 129 Å². The first-order valence-electron chi connectivity index (χ1n) is 24.0. The maximum atomic E-state index is 16.0. The minimum absolute atomic E-state index is 0.218. The average Bonchev–Trinajstić information content (AvgIpc) is 4.07. The molecule has 0 amide bonds. The lowest BCUT2D eigenvalue weighted by molar-refractivity contribution is -0.137. The molecule has 0 fully saturated rings. The Morgan fingerprint density at radius 2 is 0.579 bits per heavy atom. The minimum atomic E-state index is -4.83. The molecular weight excluding hydrogens is 948 g/mol. The highest BCUT2D eigenvalue weighted by atomic mass is 19.4. The third-order valence-corrected chi connectivity index (χ3v) is 14.1. The molecule has 76 heavy (non-hydrogen) atoms. The van der Waals surface area contributed by atoms with Crippen LogP contribution in [0.4, 0.5) is 13.2 Å². The molecule has 0 spiro atoms. The van der Waals surface area contributed by atoms with Gasteiger partial charge in [-0.2, -0.15) is 39.5 Å². The van der Waals surface area contributed by atoms with Gasteiger partial charge in [-0.1, -0.05) is 84.9 Å². The van der Waals surface area contributed by atoms with Crippen LogP contribution in [0.1, 0.15) is 33.4 Å². The Hall–Kier alpha value is -11.0. The molecule has 0 saturated heterocycles. The van der Waals surface area contributed by atoms with E-state index < -0.39 is 11.7 Å². The van der Waals surface area contributed by atoms with Crippen molar-refractivity contribution in [3.8, 4) is 97.4 Å². The molecule has 12 rings (SSSR count). The second-order valence-corrected chi connectivity index (χ2v) is 18.4. The molecule has 10 heteroatoms. The number of halogens is 3. The van der Waals surface area contributed by atoms with Crippen molar-refractivity contribution in [1.82, 2.24) is 9.13 Å². The summed E-state index contributed by atoms with van der Waals surface area (Å²) >= 11 is 0. The zero-order chi connectivity index (χ0) is 52.2. The zero-order valence-corrected chi connectivity index (χ0v) is 39.9. The largest absolute Gasteiger partial charge is 0.416 e. The van der Waals surface area contributed by atoms with E-state index in [-0.39, 0.29) is 11.4 Å². The van der Waals surface area contributed by atoms with Crippen molar-refractivity contribution in [2.24, 2.45) is 0 Å². The van der Waals surface area contributed by atoms with E-state index in [1.807, 2.05) is 137 Å². The van der Waals surface area contributed by atoms with Crippen molar-refractivity contribution >= 4 is 43.6 Å². The molecule has 0 N–H and O–H groups in total. The lowest BCUT2D eigenvalue weighted by Gasteiger charge is -2.23. The second kappa shape index (κ2) is 18.3. The van der Waals surface area contributed by atoms with Gasteiger partial charge in [0.2, 0.25) is 0 Å². The van der Waals surface area contributed by atoms with E-state index in [4.69, 9.17) is 0 Å². The van der Waals surface area contributed by atoms with E-state index in [0.717, 1.165) is 66.1 Å². The number of fused-ring (bicyclic) bond motifs is 6. The van der Waals surface area contributed by atoms with Crippen molar-refractivity contribution in [1.29, 1.82) is 26.3 Å². The summed E-state index contributed by atoms with van der Waals surface area (Å²) in [5.74, 6) is 0.